The second kappa shape index (κ2) is 6.64. The Kier molecular flexibility index (Phi) is 4.85. The fourth-order valence-electron chi connectivity index (χ4n) is 2.96. The summed E-state index contributed by atoms with van der Waals surface area (Å²) in [6, 6.07) is 11.7. The van der Waals surface area contributed by atoms with Crippen LogP contribution < -0.4 is 0 Å². The zero-order chi connectivity index (χ0) is 11.9. The minimum atomic E-state index is 0.808. The molecule has 0 heterocycles. The molecule has 0 aliphatic heterocycles. The Morgan fingerprint density at radius 3 is 2.53 bits per heavy atom. The van der Waals surface area contributed by atoms with Gasteiger partial charge in [-0.05, 0) is 68.9 Å². The van der Waals surface area contributed by atoms with E-state index in [-0.39, 0.29) is 0 Å². The molecule has 0 unspecified atom stereocenters. The van der Waals surface area contributed by atoms with Crippen LogP contribution in [0.3, 0.4) is 0 Å². The van der Waals surface area contributed by atoms with Gasteiger partial charge in [0.05, 0.1) is 0 Å². The lowest BCUT2D eigenvalue weighted by molar-refractivity contribution is 0.312. The van der Waals surface area contributed by atoms with E-state index >= 15 is 0 Å². The minimum absolute atomic E-state index is 0.808. The van der Waals surface area contributed by atoms with Crippen LogP contribution in [0.2, 0.25) is 0 Å². The van der Waals surface area contributed by atoms with Crippen molar-refractivity contribution in [2.45, 2.75) is 51.4 Å². The molecular weight excluding hydrogens is 204 g/mol. The Morgan fingerprint density at radius 2 is 1.88 bits per heavy atom. The highest BCUT2D eigenvalue weighted by molar-refractivity contribution is 5.19. The van der Waals surface area contributed by atoms with E-state index in [2.05, 4.69) is 37.3 Å². The highest BCUT2D eigenvalue weighted by Gasteiger charge is 2.21. The number of rotatable bonds is 4. The number of hydrogen-bond donors (Lipinski definition) is 0. The van der Waals surface area contributed by atoms with Gasteiger partial charge in [0.25, 0.3) is 0 Å². The van der Waals surface area contributed by atoms with Gasteiger partial charge in [-0.15, -0.1) is 0 Å². The summed E-state index contributed by atoms with van der Waals surface area (Å²) < 4.78 is 0. The Hall–Kier alpha value is -1.04. The van der Waals surface area contributed by atoms with E-state index in [0.29, 0.717) is 0 Å². The molecule has 17 heavy (non-hydrogen) atoms. The third-order valence-corrected chi connectivity index (χ3v) is 4.04. The Morgan fingerprint density at radius 1 is 1.18 bits per heavy atom. The maximum absolute atomic E-state index is 3.11. The molecule has 0 amide bonds. The molecule has 1 aromatic carbocycles. The zero-order valence-corrected chi connectivity index (χ0v) is 10.9. The van der Waals surface area contributed by atoms with Crippen molar-refractivity contribution in [2.75, 3.05) is 0 Å². The smallest absolute Gasteiger partial charge is 0.0162 e. The fourth-order valence-corrected chi connectivity index (χ4v) is 2.96. The molecule has 0 nitrogen and oxygen atoms in total. The molecule has 1 aliphatic carbocycles. The molecular formula is C17H23. The monoisotopic (exact) mass is 227 g/mol. The SMILES string of the molecule is C/C=C/CC[C@H]1CC[C@H](c2cc[c]cc2)CC1. The van der Waals surface area contributed by atoms with Crippen LogP contribution in [0.15, 0.2) is 36.4 Å². The molecule has 0 bridgehead atoms. The van der Waals surface area contributed by atoms with Crippen LogP contribution in [-0.4, -0.2) is 0 Å². The predicted octanol–water partition coefficient (Wildman–Crippen LogP) is 5.12. The van der Waals surface area contributed by atoms with Crippen molar-refractivity contribution in [1.82, 2.24) is 0 Å². The van der Waals surface area contributed by atoms with E-state index in [9.17, 15) is 0 Å². The van der Waals surface area contributed by atoms with Crippen LogP contribution in [0.25, 0.3) is 0 Å². The summed E-state index contributed by atoms with van der Waals surface area (Å²) in [5.74, 6) is 1.78. The highest BCUT2D eigenvalue weighted by atomic mass is 14.3. The lowest BCUT2D eigenvalue weighted by atomic mass is 9.77. The third kappa shape index (κ3) is 3.73. The highest BCUT2D eigenvalue weighted by Crippen LogP contribution is 2.37. The van der Waals surface area contributed by atoms with Crippen LogP contribution in [0.5, 0.6) is 0 Å². The van der Waals surface area contributed by atoms with Crippen molar-refractivity contribution >= 4 is 0 Å². The van der Waals surface area contributed by atoms with Gasteiger partial charge < -0.3 is 0 Å². The van der Waals surface area contributed by atoms with Crippen molar-refractivity contribution in [2.24, 2.45) is 5.92 Å². The summed E-state index contributed by atoms with van der Waals surface area (Å²) >= 11 is 0. The second-order valence-corrected chi connectivity index (χ2v) is 5.20. The zero-order valence-electron chi connectivity index (χ0n) is 10.9. The lowest BCUT2D eigenvalue weighted by Gasteiger charge is -2.28. The first-order valence-electron chi connectivity index (χ1n) is 6.97. The molecule has 1 aromatic rings. The topological polar surface area (TPSA) is 0 Å². The number of hydrogen-bond acceptors (Lipinski definition) is 0. The predicted molar refractivity (Wildman–Crippen MR) is 74.0 cm³/mol. The Labute approximate surface area is 106 Å². The van der Waals surface area contributed by atoms with Gasteiger partial charge in [-0.1, -0.05) is 36.4 Å². The molecule has 1 radical (unpaired) electrons. The molecule has 1 saturated carbocycles. The lowest BCUT2D eigenvalue weighted by Crippen LogP contribution is -2.13. The van der Waals surface area contributed by atoms with Crippen molar-refractivity contribution in [1.29, 1.82) is 0 Å². The Bertz CT molecular complexity index is 328. The van der Waals surface area contributed by atoms with Crippen LogP contribution in [0.1, 0.15) is 56.9 Å². The maximum Gasteiger partial charge on any atom is -0.0162 e. The summed E-state index contributed by atoms with van der Waals surface area (Å²) in [7, 11) is 0. The van der Waals surface area contributed by atoms with Crippen LogP contribution >= 0.6 is 0 Å². The van der Waals surface area contributed by atoms with Gasteiger partial charge >= 0.3 is 0 Å². The maximum atomic E-state index is 3.11. The molecule has 0 aromatic heterocycles. The van der Waals surface area contributed by atoms with Crippen molar-refractivity contribution in [3.8, 4) is 0 Å². The molecule has 0 heteroatoms. The van der Waals surface area contributed by atoms with E-state index in [1.807, 2.05) is 12.1 Å². The molecule has 0 atom stereocenters. The van der Waals surface area contributed by atoms with Gasteiger partial charge in [-0.2, -0.15) is 0 Å². The van der Waals surface area contributed by atoms with E-state index in [4.69, 9.17) is 0 Å². The van der Waals surface area contributed by atoms with Crippen LogP contribution in [0.4, 0.5) is 0 Å². The van der Waals surface area contributed by atoms with Crippen molar-refractivity contribution in [3.05, 3.63) is 48.0 Å². The summed E-state index contributed by atoms with van der Waals surface area (Å²) in [5.41, 5.74) is 1.52. The van der Waals surface area contributed by atoms with Crippen molar-refractivity contribution < 1.29 is 0 Å². The molecule has 2 rings (SSSR count). The van der Waals surface area contributed by atoms with Gasteiger partial charge in [0.1, 0.15) is 0 Å². The third-order valence-electron chi connectivity index (χ3n) is 4.04. The molecule has 0 spiro atoms. The van der Waals surface area contributed by atoms with E-state index in [1.165, 1.54) is 44.1 Å². The number of benzene rings is 1. The van der Waals surface area contributed by atoms with E-state index in [0.717, 1.165) is 11.8 Å². The fraction of sp³-hybridized carbons (Fsp3) is 0.529. The first-order valence-corrected chi connectivity index (χ1v) is 6.97. The standard InChI is InChI=1S/C17H23/c1-2-3-5-8-15-11-13-17(14-12-15)16-9-6-4-7-10-16/h2-3,6-7,9-10,15,17H,5,8,11-14H2,1H3/b3-2+/t15-,17-. The first-order chi connectivity index (χ1) is 8.40. The average Bonchev–Trinajstić information content (AvgIpc) is 2.41. The van der Waals surface area contributed by atoms with E-state index in [1.54, 1.807) is 0 Å². The van der Waals surface area contributed by atoms with Gasteiger partial charge in [0.2, 0.25) is 0 Å². The minimum Gasteiger partial charge on any atom is -0.0917 e. The first kappa shape index (κ1) is 12.4. The molecule has 0 saturated heterocycles. The normalized spacial score (nSPS) is 25.2. The van der Waals surface area contributed by atoms with Crippen molar-refractivity contribution in [3.63, 3.8) is 0 Å². The quantitative estimate of drug-likeness (QED) is 0.626. The van der Waals surface area contributed by atoms with Gasteiger partial charge in [0, 0.05) is 0 Å². The van der Waals surface area contributed by atoms with E-state index < -0.39 is 0 Å². The Balaban J connectivity index is 1.78. The van der Waals surface area contributed by atoms with Gasteiger partial charge in [0.15, 0.2) is 0 Å². The number of allylic oxidation sites excluding steroid dienone is 2. The second-order valence-electron chi connectivity index (χ2n) is 5.20. The van der Waals surface area contributed by atoms with Gasteiger partial charge in [-0.3, -0.25) is 0 Å². The summed E-state index contributed by atoms with van der Waals surface area (Å²) in [4.78, 5) is 0. The molecule has 1 aliphatic rings. The molecule has 1 fully saturated rings. The largest absolute Gasteiger partial charge is 0.0917 e. The molecule has 0 N–H and O–H groups in total. The van der Waals surface area contributed by atoms with Crippen LogP contribution in [0, 0.1) is 12.0 Å². The van der Waals surface area contributed by atoms with Gasteiger partial charge in [-0.25, -0.2) is 0 Å². The summed E-state index contributed by atoms with van der Waals surface area (Å²) in [6.45, 7) is 2.11. The average molecular weight is 227 g/mol. The summed E-state index contributed by atoms with van der Waals surface area (Å²) in [5, 5.41) is 0. The summed E-state index contributed by atoms with van der Waals surface area (Å²) in [6.07, 6.45) is 12.7. The van der Waals surface area contributed by atoms with Crippen LogP contribution in [-0.2, 0) is 0 Å². The molecule has 91 valence electrons.